The maximum absolute atomic E-state index is 13.9. The van der Waals surface area contributed by atoms with Gasteiger partial charge in [0, 0.05) is 38.9 Å². The van der Waals surface area contributed by atoms with E-state index in [1.165, 1.54) is 6.07 Å². The molecule has 2 aliphatic rings. The first kappa shape index (κ1) is 19.3. The molecule has 0 spiro atoms. The fourth-order valence-corrected chi connectivity index (χ4v) is 4.11. The monoisotopic (exact) mass is 364 g/mol. The van der Waals surface area contributed by atoms with Gasteiger partial charge in [0.25, 0.3) is 5.91 Å². The van der Waals surface area contributed by atoms with E-state index in [9.17, 15) is 14.3 Å². The Morgan fingerprint density at radius 2 is 2.00 bits per heavy atom. The summed E-state index contributed by atoms with van der Waals surface area (Å²) in [5.74, 6) is -0.0221. The van der Waals surface area contributed by atoms with Crippen molar-refractivity contribution in [2.45, 2.75) is 37.8 Å². The molecular formula is C20H29FN2O3. The van der Waals surface area contributed by atoms with Crippen molar-refractivity contribution in [1.82, 2.24) is 9.80 Å². The Hall–Kier alpha value is -1.50. The highest BCUT2D eigenvalue weighted by Gasteiger charge is 2.43. The Labute approximate surface area is 154 Å². The van der Waals surface area contributed by atoms with E-state index in [2.05, 4.69) is 4.90 Å². The highest BCUT2D eigenvalue weighted by molar-refractivity contribution is 5.86. The number of carbonyl (C=O) groups is 1. The van der Waals surface area contributed by atoms with Crippen LogP contribution in [0.25, 0.3) is 0 Å². The third-order valence-corrected chi connectivity index (χ3v) is 5.62. The number of carbonyl (C=O) groups excluding carboxylic acids is 1. The van der Waals surface area contributed by atoms with Crippen LogP contribution in [0.3, 0.4) is 0 Å². The summed E-state index contributed by atoms with van der Waals surface area (Å²) in [6.07, 6.45) is 3.25. The highest BCUT2D eigenvalue weighted by atomic mass is 19.1. The van der Waals surface area contributed by atoms with Crippen LogP contribution in [0.1, 0.15) is 31.2 Å². The van der Waals surface area contributed by atoms with Gasteiger partial charge in [-0.25, -0.2) is 4.39 Å². The number of nitrogens with zero attached hydrogens (tertiary/aromatic N) is 2. The average molecular weight is 364 g/mol. The van der Waals surface area contributed by atoms with Crippen LogP contribution in [-0.4, -0.2) is 66.3 Å². The van der Waals surface area contributed by atoms with Crippen molar-refractivity contribution in [1.29, 1.82) is 0 Å². The third kappa shape index (κ3) is 4.42. The largest absolute Gasteiger partial charge is 0.384 e. The summed E-state index contributed by atoms with van der Waals surface area (Å²) >= 11 is 0. The van der Waals surface area contributed by atoms with E-state index in [0.29, 0.717) is 31.0 Å². The van der Waals surface area contributed by atoms with Crippen LogP contribution in [-0.2, 0) is 16.1 Å². The first-order chi connectivity index (χ1) is 12.5. The van der Waals surface area contributed by atoms with Crippen molar-refractivity contribution in [2.24, 2.45) is 5.92 Å². The normalized spacial score (nSPS) is 25.7. The van der Waals surface area contributed by atoms with Gasteiger partial charge in [0.1, 0.15) is 5.82 Å². The molecule has 0 saturated carbocycles. The SMILES string of the molecule is COCC1CCN(CC2(O)CCCN(Cc3ccccc3F)C2=O)CC1. The first-order valence-corrected chi connectivity index (χ1v) is 9.48. The van der Waals surface area contributed by atoms with Crippen LogP contribution in [0.15, 0.2) is 24.3 Å². The van der Waals surface area contributed by atoms with E-state index in [1.807, 2.05) is 0 Å². The van der Waals surface area contributed by atoms with Gasteiger partial charge in [0.15, 0.2) is 5.60 Å². The van der Waals surface area contributed by atoms with E-state index in [-0.39, 0.29) is 18.3 Å². The van der Waals surface area contributed by atoms with Crippen LogP contribution < -0.4 is 0 Å². The average Bonchev–Trinajstić information content (AvgIpc) is 2.63. The van der Waals surface area contributed by atoms with Gasteiger partial charge in [-0.3, -0.25) is 9.69 Å². The van der Waals surface area contributed by atoms with Gasteiger partial charge in [0.2, 0.25) is 0 Å². The number of halogens is 1. The Bertz CT molecular complexity index is 619. The molecule has 144 valence electrons. The molecule has 1 atom stereocenters. The molecule has 2 fully saturated rings. The lowest BCUT2D eigenvalue weighted by Crippen LogP contribution is -2.59. The maximum atomic E-state index is 13.9. The van der Waals surface area contributed by atoms with Crippen LogP contribution in [0.5, 0.6) is 0 Å². The Balaban J connectivity index is 1.60. The number of β-amino-alcohol motifs (C(OH)–C–C–N with tert-alkyl or cyclic N) is 1. The van der Waals surface area contributed by atoms with Gasteiger partial charge < -0.3 is 14.7 Å². The minimum atomic E-state index is -1.36. The molecule has 2 heterocycles. The van der Waals surface area contributed by atoms with Gasteiger partial charge in [-0.1, -0.05) is 18.2 Å². The minimum Gasteiger partial charge on any atom is -0.384 e. The lowest BCUT2D eigenvalue weighted by molar-refractivity contribution is -0.160. The zero-order chi connectivity index (χ0) is 18.6. The van der Waals surface area contributed by atoms with Crippen molar-refractivity contribution in [2.75, 3.05) is 39.9 Å². The minimum absolute atomic E-state index is 0.212. The summed E-state index contributed by atoms with van der Waals surface area (Å²) in [6, 6.07) is 6.50. The number of hydrogen-bond acceptors (Lipinski definition) is 4. The molecule has 1 aromatic carbocycles. The molecule has 26 heavy (non-hydrogen) atoms. The van der Waals surface area contributed by atoms with Crippen LogP contribution in [0, 0.1) is 11.7 Å². The Morgan fingerprint density at radius 1 is 1.27 bits per heavy atom. The topological polar surface area (TPSA) is 53.0 Å². The molecule has 1 N–H and O–H groups in total. The second-order valence-corrected chi connectivity index (χ2v) is 7.63. The number of hydrogen-bond donors (Lipinski definition) is 1. The standard InChI is InChI=1S/C20H29FN2O3/c1-26-14-16-7-11-22(12-8-16)15-20(25)9-4-10-23(19(20)24)13-17-5-2-3-6-18(17)21/h2-3,5-6,16,25H,4,7-15H2,1H3. The summed E-state index contributed by atoms with van der Waals surface area (Å²) in [5, 5.41) is 11.0. The first-order valence-electron chi connectivity index (χ1n) is 9.48. The zero-order valence-electron chi connectivity index (χ0n) is 15.5. The summed E-state index contributed by atoms with van der Waals surface area (Å²) in [6.45, 7) is 3.65. The van der Waals surface area contributed by atoms with E-state index in [1.54, 1.807) is 30.2 Å². The third-order valence-electron chi connectivity index (χ3n) is 5.62. The van der Waals surface area contributed by atoms with E-state index in [4.69, 9.17) is 4.74 Å². The molecular weight excluding hydrogens is 335 g/mol. The van der Waals surface area contributed by atoms with Gasteiger partial charge >= 0.3 is 0 Å². The summed E-state index contributed by atoms with van der Waals surface area (Å²) in [7, 11) is 1.72. The van der Waals surface area contributed by atoms with Crippen LogP contribution >= 0.6 is 0 Å². The second-order valence-electron chi connectivity index (χ2n) is 7.63. The maximum Gasteiger partial charge on any atom is 0.256 e. The van der Waals surface area contributed by atoms with Crippen LogP contribution in [0.4, 0.5) is 4.39 Å². The number of benzene rings is 1. The molecule has 0 radical (unpaired) electrons. The fourth-order valence-electron chi connectivity index (χ4n) is 4.11. The summed E-state index contributed by atoms with van der Waals surface area (Å²) in [4.78, 5) is 16.7. The predicted octanol–water partition coefficient (Wildman–Crippen LogP) is 2.04. The van der Waals surface area contributed by atoms with E-state index < -0.39 is 5.60 Å². The number of aliphatic hydroxyl groups is 1. The number of amides is 1. The highest BCUT2D eigenvalue weighted by Crippen LogP contribution is 2.27. The lowest BCUT2D eigenvalue weighted by atomic mass is 9.89. The van der Waals surface area contributed by atoms with Gasteiger partial charge in [-0.05, 0) is 50.8 Å². The lowest BCUT2D eigenvalue weighted by Gasteiger charge is -2.42. The molecule has 1 amide bonds. The second kappa shape index (κ2) is 8.46. The molecule has 3 rings (SSSR count). The van der Waals surface area contributed by atoms with Crippen molar-refractivity contribution < 1.29 is 19.0 Å². The molecule has 5 nitrogen and oxygen atoms in total. The van der Waals surface area contributed by atoms with Crippen LogP contribution in [0.2, 0.25) is 0 Å². The quantitative estimate of drug-likeness (QED) is 0.839. The van der Waals surface area contributed by atoms with Gasteiger partial charge in [-0.15, -0.1) is 0 Å². The Morgan fingerprint density at radius 3 is 2.69 bits per heavy atom. The van der Waals surface area contributed by atoms with Crippen molar-refractivity contribution in [3.05, 3.63) is 35.6 Å². The number of piperidine rings is 2. The van der Waals surface area contributed by atoms with Gasteiger partial charge in [-0.2, -0.15) is 0 Å². The van der Waals surface area contributed by atoms with E-state index >= 15 is 0 Å². The summed E-state index contributed by atoms with van der Waals surface area (Å²) < 4.78 is 19.1. The van der Waals surface area contributed by atoms with E-state index in [0.717, 1.165) is 39.0 Å². The zero-order valence-corrected chi connectivity index (χ0v) is 15.5. The molecule has 0 aromatic heterocycles. The fraction of sp³-hybridized carbons (Fsp3) is 0.650. The smallest absolute Gasteiger partial charge is 0.256 e. The molecule has 6 heteroatoms. The van der Waals surface area contributed by atoms with Crippen molar-refractivity contribution in [3.63, 3.8) is 0 Å². The molecule has 1 unspecified atom stereocenters. The number of rotatable bonds is 6. The number of methoxy groups -OCH3 is 1. The molecule has 0 aliphatic carbocycles. The predicted molar refractivity (Wildman–Crippen MR) is 97.0 cm³/mol. The Kier molecular flexibility index (Phi) is 6.27. The molecule has 1 aromatic rings. The molecule has 2 saturated heterocycles. The van der Waals surface area contributed by atoms with Crippen molar-refractivity contribution >= 4 is 5.91 Å². The van der Waals surface area contributed by atoms with Crippen molar-refractivity contribution in [3.8, 4) is 0 Å². The molecule has 2 aliphatic heterocycles. The van der Waals surface area contributed by atoms with Gasteiger partial charge in [0.05, 0.1) is 0 Å². The summed E-state index contributed by atoms with van der Waals surface area (Å²) in [5.41, 5.74) is -0.872. The molecule has 0 bridgehead atoms. The number of likely N-dealkylation sites (tertiary alicyclic amines) is 2. The number of ether oxygens (including phenoxy) is 1.